The first-order valence-corrected chi connectivity index (χ1v) is 8.62. The number of anilines is 1. The Labute approximate surface area is 133 Å². The second kappa shape index (κ2) is 6.76. The van der Waals surface area contributed by atoms with Crippen molar-refractivity contribution >= 4 is 28.2 Å². The van der Waals surface area contributed by atoms with E-state index in [4.69, 9.17) is 10.5 Å². The summed E-state index contributed by atoms with van der Waals surface area (Å²) in [5, 5.41) is 3.55. The molecule has 3 rings (SSSR count). The van der Waals surface area contributed by atoms with Crippen LogP contribution in [-0.4, -0.2) is 44.7 Å². The highest BCUT2D eigenvalue weighted by molar-refractivity contribution is 7.17. The minimum Gasteiger partial charge on any atom is -0.370 e. The molecule has 2 aliphatic rings. The molecule has 2 amide bonds. The van der Waals surface area contributed by atoms with Gasteiger partial charge in [-0.1, -0.05) is 0 Å². The van der Waals surface area contributed by atoms with Gasteiger partial charge in [0.25, 0.3) is 11.8 Å². The molecule has 1 aromatic heterocycles. The first kappa shape index (κ1) is 15.5. The summed E-state index contributed by atoms with van der Waals surface area (Å²) in [5.74, 6) is -0.494. The number of thiophene rings is 1. The Kier molecular flexibility index (Phi) is 4.75. The van der Waals surface area contributed by atoms with Gasteiger partial charge >= 0.3 is 0 Å². The highest BCUT2D eigenvalue weighted by Gasteiger charge is 2.26. The number of carbonyl (C=O) groups excluding carboxylic acids is 2. The fourth-order valence-corrected chi connectivity index (χ4v) is 4.46. The van der Waals surface area contributed by atoms with Gasteiger partial charge < -0.3 is 20.7 Å². The van der Waals surface area contributed by atoms with E-state index in [-0.39, 0.29) is 5.91 Å². The molecule has 0 aromatic carbocycles. The number of ether oxygens (including phenoxy) is 1. The summed E-state index contributed by atoms with van der Waals surface area (Å²) in [4.78, 5) is 26.4. The molecule has 0 radical (unpaired) electrons. The molecule has 7 heteroatoms. The van der Waals surface area contributed by atoms with E-state index in [1.54, 1.807) is 0 Å². The van der Waals surface area contributed by atoms with Crippen LogP contribution in [0.15, 0.2) is 0 Å². The van der Waals surface area contributed by atoms with Gasteiger partial charge in [0.15, 0.2) is 6.54 Å². The van der Waals surface area contributed by atoms with Gasteiger partial charge in [0.2, 0.25) is 0 Å². The summed E-state index contributed by atoms with van der Waals surface area (Å²) >= 11 is 1.51. The maximum absolute atomic E-state index is 12.3. The van der Waals surface area contributed by atoms with Gasteiger partial charge in [0.05, 0.1) is 18.8 Å². The van der Waals surface area contributed by atoms with Crippen molar-refractivity contribution in [1.82, 2.24) is 0 Å². The summed E-state index contributed by atoms with van der Waals surface area (Å²) in [6, 6.07) is 0. The van der Waals surface area contributed by atoms with Crippen LogP contribution in [0.25, 0.3) is 0 Å². The molecule has 0 atom stereocenters. The number of amides is 2. The molecular formula is C15H22N3O3S+. The molecule has 1 aromatic rings. The zero-order valence-electron chi connectivity index (χ0n) is 12.6. The predicted octanol–water partition coefficient (Wildman–Crippen LogP) is -0.421. The molecule has 0 spiro atoms. The topological polar surface area (TPSA) is 85.9 Å². The van der Waals surface area contributed by atoms with Crippen LogP contribution in [0.3, 0.4) is 0 Å². The molecule has 22 heavy (non-hydrogen) atoms. The van der Waals surface area contributed by atoms with Crippen LogP contribution in [0.1, 0.15) is 33.6 Å². The number of morpholine rings is 1. The van der Waals surface area contributed by atoms with Crippen LogP contribution in [0.4, 0.5) is 5.00 Å². The van der Waals surface area contributed by atoms with Crippen molar-refractivity contribution in [3.05, 3.63) is 16.0 Å². The van der Waals surface area contributed by atoms with Crippen molar-refractivity contribution in [2.24, 2.45) is 5.73 Å². The van der Waals surface area contributed by atoms with Gasteiger partial charge in [-0.25, -0.2) is 0 Å². The van der Waals surface area contributed by atoms with Gasteiger partial charge in [-0.05, 0) is 31.2 Å². The number of hydrogen-bond acceptors (Lipinski definition) is 4. The third-order valence-corrected chi connectivity index (χ3v) is 5.49. The normalized spacial score (nSPS) is 18.7. The molecule has 1 aliphatic carbocycles. The van der Waals surface area contributed by atoms with E-state index in [2.05, 4.69) is 5.32 Å². The van der Waals surface area contributed by atoms with E-state index in [0.717, 1.165) is 44.3 Å². The first-order chi connectivity index (χ1) is 10.6. The molecule has 0 saturated carbocycles. The maximum atomic E-state index is 12.3. The Morgan fingerprint density at radius 3 is 2.68 bits per heavy atom. The SMILES string of the molecule is NC(=O)c1c(NC(=O)C[NH+]2CCOCC2)sc2c1CCCC2. The Balaban J connectivity index is 1.72. The van der Waals surface area contributed by atoms with Crippen molar-refractivity contribution in [2.45, 2.75) is 25.7 Å². The summed E-state index contributed by atoms with van der Waals surface area (Å²) in [6.07, 6.45) is 4.08. The van der Waals surface area contributed by atoms with Crippen molar-refractivity contribution in [3.63, 3.8) is 0 Å². The number of nitrogens with two attached hydrogens (primary N) is 1. The van der Waals surface area contributed by atoms with E-state index >= 15 is 0 Å². The fraction of sp³-hybridized carbons (Fsp3) is 0.600. The molecule has 120 valence electrons. The minimum atomic E-state index is -0.437. The summed E-state index contributed by atoms with van der Waals surface area (Å²) in [6.45, 7) is 3.49. The number of quaternary nitrogens is 1. The molecule has 2 heterocycles. The minimum absolute atomic E-state index is 0.0574. The van der Waals surface area contributed by atoms with E-state index in [9.17, 15) is 9.59 Å². The predicted molar refractivity (Wildman–Crippen MR) is 84.5 cm³/mol. The molecule has 1 saturated heterocycles. The van der Waals surface area contributed by atoms with Gasteiger partial charge in [-0.3, -0.25) is 9.59 Å². The first-order valence-electron chi connectivity index (χ1n) is 7.80. The monoisotopic (exact) mass is 324 g/mol. The van der Waals surface area contributed by atoms with E-state index in [1.807, 2.05) is 0 Å². The highest BCUT2D eigenvalue weighted by atomic mass is 32.1. The molecular weight excluding hydrogens is 302 g/mol. The van der Waals surface area contributed by atoms with E-state index in [0.29, 0.717) is 30.3 Å². The fourth-order valence-electron chi connectivity index (χ4n) is 3.15. The standard InChI is InChI=1S/C15H21N3O3S/c16-14(20)13-10-3-1-2-4-11(10)22-15(13)17-12(19)9-18-5-7-21-8-6-18/h1-9H2,(H2,16,20)(H,17,19)/p+1. The van der Waals surface area contributed by atoms with Crippen LogP contribution in [0, 0.1) is 0 Å². The lowest BCUT2D eigenvalue weighted by molar-refractivity contribution is -0.899. The summed E-state index contributed by atoms with van der Waals surface area (Å²) in [7, 11) is 0. The number of hydrogen-bond donors (Lipinski definition) is 3. The molecule has 4 N–H and O–H groups in total. The Bertz CT molecular complexity index is 579. The number of primary amides is 1. The third-order valence-electron chi connectivity index (χ3n) is 4.28. The lowest BCUT2D eigenvalue weighted by atomic mass is 9.95. The van der Waals surface area contributed by atoms with Gasteiger partial charge in [0.1, 0.15) is 18.1 Å². The maximum Gasteiger partial charge on any atom is 0.280 e. The number of nitrogens with one attached hydrogen (secondary N) is 2. The van der Waals surface area contributed by atoms with Crippen LogP contribution in [0.5, 0.6) is 0 Å². The second-order valence-corrected chi connectivity index (χ2v) is 6.97. The lowest BCUT2D eigenvalue weighted by Crippen LogP contribution is -3.15. The van der Waals surface area contributed by atoms with Crippen LogP contribution in [0.2, 0.25) is 0 Å². The lowest BCUT2D eigenvalue weighted by Gasteiger charge is -2.22. The number of rotatable bonds is 4. The molecule has 0 bridgehead atoms. The molecule has 0 unspecified atom stereocenters. The van der Waals surface area contributed by atoms with Crippen molar-refractivity contribution in [1.29, 1.82) is 0 Å². The number of aryl methyl sites for hydroxylation is 1. The van der Waals surface area contributed by atoms with Crippen LogP contribution in [-0.2, 0) is 22.4 Å². The third kappa shape index (κ3) is 3.31. The average Bonchev–Trinajstić information content (AvgIpc) is 2.85. The summed E-state index contributed by atoms with van der Waals surface area (Å²) < 4.78 is 5.29. The van der Waals surface area contributed by atoms with Gasteiger partial charge in [-0.15, -0.1) is 11.3 Å². The largest absolute Gasteiger partial charge is 0.370 e. The van der Waals surface area contributed by atoms with Crippen molar-refractivity contribution in [3.8, 4) is 0 Å². The molecule has 1 aliphatic heterocycles. The van der Waals surface area contributed by atoms with Crippen LogP contribution < -0.4 is 16.0 Å². The van der Waals surface area contributed by atoms with Crippen molar-refractivity contribution in [2.75, 3.05) is 38.2 Å². The Hall–Kier alpha value is -1.44. The smallest absolute Gasteiger partial charge is 0.280 e. The molecule has 6 nitrogen and oxygen atoms in total. The highest BCUT2D eigenvalue weighted by Crippen LogP contribution is 2.37. The average molecular weight is 324 g/mol. The number of fused-ring (bicyclic) bond motifs is 1. The van der Waals surface area contributed by atoms with Gasteiger partial charge in [0, 0.05) is 4.88 Å². The van der Waals surface area contributed by atoms with E-state index in [1.165, 1.54) is 21.1 Å². The zero-order chi connectivity index (χ0) is 15.5. The second-order valence-electron chi connectivity index (χ2n) is 5.87. The molecule has 1 fully saturated rings. The van der Waals surface area contributed by atoms with Gasteiger partial charge in [-0.2, -0.15) is 0 Å². The van der Waals surface area contributed by atoms with Crippen molar-refractivity contribution < 1.29 is 19.2 Å². The van der Waals surface area contributed by atoms with Crippen LogP contribution >= 0.6 is 11.3 Å². The quantitative estimate of drug-likeness (QED) is 0.703. The Morgan fingerprint density at radius 2 is 1.95 bits per heavy atom. The van der Waals surface area contributed by atoms with E-state index < -0.39 is 5.91 Å². The zero-order valence-corrected chi connectivity index (χ0v) is 13.4. The Morgan fingerprint density at radius 1 is 1.23 bits per heavy atom. The summed E-state index contributed by atoms with van der Waals surface area (Å²) in [5.41, 5.74) is 7.12. The number of carbonyl (C=O) groups is 2.